The molecule has 25 heavy (non-hydrogen) atoms. The van der Waals surface area contributed by atoms with Crippen LogP contribution in [0.3, 0.4) is 0 Å². The van der Waals surface area contributed by atoms with E-state index in [1.54, 1.807) is 0 Å². The molecule has 0 unspecified atom stereocenters. The largest absolute Gasteiger partial charge is 0.481 e. The van der Waals surface area contributed by atoms with E-state index in [9.17, 15) is 14.3 Å². The predicted molar refractivity (Wildman–Crippen MR) is 93.0 cm³/mol. The lowest BCUT2D eigenvalue weighted by Gasteiger charge is -2.16. The van der Waals surface area contributed by atoms with Crippen LogP contribution in [0.5, 0.6) is 5.88 Å². The Morgan fingerprint density at radius 3 is 2.68 bits per heavy atom. The van der Waals surface area contributed by atoms with Crippen molar-refractivity contribution < 1.29 is 23.8 Å². The second-order valence-corrected chi connectivity index (χ2v) is 12.4. The van der Waals surface area contributed by atoms with E-state index in [1.807, 2.05) is 0 Å². The molecule has 0 aromatic carbocycles. The molecule has 2 aromatic heterocycles. The van der Waals surface area contributed by atoms with Crippen molar-refractivity contribution in [2.45, 2.75) is 32.4 Å². The van der Waals surface area contributed by atoms with Gasteiger partial charge in [-0.05, 0) is 12.1 Å². The molecule has 0 spiro atoms. The summed E-state index contributed by atoms with van der Waals surface area (Å²) in [7, 11) is 0.180. The fourth-order valence-corrected chi connectivity index (χ4v) is 2.85. The van der Waals surface area contributed by atoms with Gasteiger partial charge >= 0.3 is 5.97 Å². The first-order chi connectivity index (χ1) is 11.7. The van der Waals surface area contributed by atoms with E-state index in [0.29, 0.717) is 12.3 Å². The predicted octanol–water partition coefficient (Wildman–Crippen LogP) is 3.10. The molecule has 136 valence electrons. The number of rotatable bonds is 8. The van der Waals surface area contributed by atoms with E-state index in [0.717, 1.165) is 12.2 Å². The van der Waals surface area contributed by atoms with Crippen molar-refractivity contribution in [2.75, 3.05) is 13.7 Å². The first-order valence-corrected chi connectivity index (χ1v) is 11.5. The molecule has 1 N–H and O–H groups in total. The maximum atomic E-state index is 14.2. The van der Waals surface area contributed by atoms with Crippen LogP contribution in [-0.4, -0.2) is 47.6 Å². The highest BCUT2D eigenvalue weighted by molar-refractivity contribution is 6.76. The Morgan fingerprint density at radius 2 is 2.08 bits per heavy atom. The van der Waals surface area contributed by atoms with E-state index in [4.69, 9.17) is 9.47 Å². The number of carboxylic acid groups (broad SMARTS) is 1. The van der Waals surface area contributed by atoms with Crippen molar-refractivity contribution in [1.82, 2.24) is 14.8 Å². The van der Waals surface area contributed by atoms with E-state index < -0.39 is 19.9 Å². The molecule has 0 aliphatic carbocycles. The van der Waals surface area contributed by atoms with Crippen molar-refractivity contribution in [3.63, 3.8) is 0 Å². The van der Waals surface area contributed by atoms with Crippen LogP contribution in [0.4, 0.5) is 4.39 Å². The molecular formula is C16H22FN3O4Si. The van der Waals surface area contributed by atoms with Crippen LogP contribution in [0.25, 0.3) is 11.3 Å². The Kier molecular flexibility index (Phi) is 5.91. The maximum Gasteiger partial charge on any atom is 0.356 e. The molecular weight excluding hydrogens is 345 g/mol. The Hall–Kier alpha value is -2.26. The lowest BCUT2D eigenvalue weighted by molar-refractivity contribution is 0.0673. The molecule has 0 radical (unpaired) electrons. The Bertz CT molecular complexity index is 758. The van der Waals surface area contributed by atoms with Gasteiger partial charge in [0.1, 0.15) is 6.73 Å². The zero-order valence-corrected chi connectivity index (χ0v) is 15.7. The second-order valence-electron chi connectivity index (χ2n) is 6.77. The van der Waals surface area contributed by atoms with Crippen molar-refractivity contribution >= 4 is 14.0 Å². The number of halogens is 1. The molecule has 0 aliphatic heterocycles. The smallest absolute Gasteiger partial charge is 0.356 e. The Labute approximate surface area is 146 Å². The summed E-state index contributed by atoms with van der Waals surface area (Å²) >= 11 is 0. The summed E-state index contributed by atoms with van der Waals surface area (Å²) in [6.07, 6.45) is 1.03. The number of nitrogens with zero attached hydrogens (tertiary/aromatic N) is 3. The molecule has 2 heterocycles. The lowest BCUT2D eigenvalue weighted by Crippen LogP contribution is -2.22. The minimum absolute atomic E-state index is 0.0389. The SMILES string of the molecule is COc1cc(-c2cc(C(=O)O)nn2COCC[Si](C)(C)C)c(F)cn1. The highest BCUT2D eigenvalue weighted by atomic mass is 28.3. The fourth-order valence-electron chi connectivity index (χ4n) is 2.09. The molecule has 0 saturated carbocycles. The van der Waals surface area contributed by atoms with Crippen LogP contribution < -0.4 is 4.74 Å². The quantitative estimate of drug-likeness (QED) is 0.570. The number of carboxylic acids is 1. The number of hydrogen-bond donors (Lipinski definition) is 1. The van der Waals surface area contributed by atoms with Gasteiger partial charge in [-0.1, -0.05) is 19.6 Å². The monoisotopic (exact) mass is 367 g/mol. The fraction of sp³-hybridized carbons (Fsp3) is 0.438. The van der Waals surface area contributed by atoms with Crippen LogP contribution in [0, 0.1) is 5.82 Å². The molecule has 9 heteroatoms. The minimum Gasteiger partial charge on any atom is -0.481 e. The van der Waals surface area contributed by atoms with Crippen LogP contribution in [-0.2, 0) is 11.5 Å². The van der Waals surface area contributed by atoms with E-state index in [2.05, 4.69) is 29.7 Å². The Morgan fingerprint density at radius 1 is 1.36 bits per heavy atom. The van der Waals surface area contributed by atoms with Gasteiger partial charge in [-0.3, -0.25) is 0 Å². The van der Waals surface area contributed by atoms with Gasteiger partial charge in [-0.25, -0.2) is 18.9 Å². The van der Waals surface area contributed by atoms with Crippen molar-refractivity contribution in [3.05, 3.63) is 29.8 Å². The zero-order valence-electron chi connectivity index (χ0n) is 14.7. The van der Waals surface area contributed by atoms with Crippen molar-refractivity contribution in [1.29, 1.82) is 0 Å². The normalized spacial score (nSPS) is 11.6. The van der Waals surface area contributed by atoms with E-state index >= 15 is 0 Å². The molecule has 2 rings (SSSR count). The standard InChI is InChI=1S/C16H22FN3O4Si/c1-23-15-7-11(12(17)9-18-15)14-8-13(16(21)22)19-20(14)10-24-5-6-25(2,3)4/h7-9H,5-6,10H2,1-4H3,(H,21,22). The third-order valence-corrected chi connectivity index (χ3v) is 5.23. The number of aromatic nitrogens is 3. The number of ether oxygens (including phenoxy) is 2. The molecule has 0 atom stereocenters. The van der Waals surface area contributed by atoms with Crippen molar-refractivity contribution in [2.24, 2.45) is 0 Å². The number of hydrogen-bond acceptors (Lipinski definition) is 5. The maximum absolute atomic E-state index is 14.2. The zero-order chi connectivity index (χ0) is 18.6. The van der Waals surface area contributed by atoms with Crippen molar-refractivity contribution in [3.8, 4) is 17.1 Å². The van der Waals surface area contributed by atoms with Gasteiger partial charge in [0.15, 0.2) is 11.5 Å². The summed E-state index contributed by atoms with van der Waals surface area (Å²) in [5.74, 6) is -1.56. The molecule has 0 fully saturated rings. The molecule has 7 nitrogen and oxygen atoms in total. The molecule has 0 amide bonds. The van der Waals surface area contributed by atoms with Crippen LogP contribution in [0.15, 0.2) is 18.3 Å². The molecule has 0 aliphatic rings. The number of carbonyl (C=O) groups is 1. The summed E-state index contributed by atoms with van der Waals surface area (Å²) in [4.78, 5) is 15.0. The van der Waals surface area contributed by atoms with Gasteiger partial charge < -0.3 is 14.6 Å². The van der Waals surface area contributed by atoms with Gasteiger partial charge in [-0.2, -0.15) is 5.10 Å². The summed E-state index contributed by atoms with van der Waals surface area (Å²) in [6.45, 7) is 7.28. The lowest BCUT2D eigenvalue weighted by atomic mass is 10.1. The summed E-state index contributed by atoms with van der Waals surface area (Å²) in [6, 6.07) is 3.67. The van der Waals surface area contributed by atoms with Gasteiger partial charge in [0.05, 0.1) is 19.0 Å². The third-order valence-electron chi connectivity index (χ3n) is 3.52. The Balaban J connectivity index is 2.29. The van der Waals surface area contributed by atoms with Gasteiger partial charge in [0, 0.05) is 26.3 Å². The second kappa shape index (κ2) is 7.75. The summed E-state index contributed by atoms with van der Waals surface area (Å²) in [5.41, 5.74) is 0.267. The number of aromatic carboxylic acids is 1. The van der Waals surface area contributed by atoms with Gasteiger partial charge in [0.2, 0.25) is 5.88 Å². The van der Waals surface area contributed by atoms with E-state index in [-0.39, 0.29) is 23.9 Å². The summed E-state index contributed by atoms with van der Waals surface area (Å²) < 4.78 is 26.2. The third kappa shape index (κ3) is 5.10. The van der Waals surface area contributed by atoms with Gasteiger partial charge in [0.25, 0.3) is 0 Å². The molecule has 2 aromatic rings. The molecule has 0 bridgehead atoms. The van der Waals surface area contributed by atoms with E-state index in [1.165, 1.54) is 23.9 Å². The van der Waals surface area contributed by atoms with Crippen LogP contribution in [0.2, 0.25) is 25.7 Å². The average Bonchev–Trinajstić information content (AvgIpc) is 2.95. The molecule has 0 saturated heterocycles. The highest BCUT2D eigenvalue weighted by Crippen LogP contribution is 2.26. The first kappa shape index (κ1) is 19.1. The number of pyridine rings is 1. The highest BCUT2D eigenvalue weighted by Gasteiger charge is 2.19. The topological polar surface area (TPSA) is 86.5 Å². The average molecular weight is 367 g/mol. The summed E-state index contributed by atoms with van der Waals surface area (Å²) in [5, 5.41) is 13.2. The minimum atomic E-state index is -1.24. The van der Waals surface area contributed by atoms with Gasteiger partial charge in [-0.15, -0.1) is 0 Å². The first-order valence-electron chi connectivity index (χ1n) is 7.80. The van der Waals surface area contributed by atoms with Crippen LogP contribution >= 0.6 is 0 Å². The number of methoxy groups -OCH3 is 1. The van der Waals surface area contributed by atoms with Crippen LogP contribution in [0.1, 0.15) is 10.5 Å².